The first-order chi connectivity index (χ1) is 15.7. The molecular weight excluding hydrogens is 400 g/mol. The molecule has 1 saturated heterocycles. The number of unbranched alkanes of at least 4 members (excludes halogenated alkanes) is 18. The van der Waals surface area contributed by atoms with E-state index in [1.165, 1.54) is 116 Å². The van der Waals surface area contributed by atoms with Gasteiger partial charge in [0, 0.05) is 0 Å². The molecule has 1 aliphatic rings. The Balaban J connectivity index is 1.97. The topological polar surface area (TPSA) is 58.9 Å². The average Bonchev–Trinajstić information content (AvgIpc) is 2.79. The third-order valence-electron chi connectivity index (χ3n) is 6.95. The van der Waals surface area contributed by atoms with E-state index in [9.17, 15) is 10.2 Å². The number of aliphatic hydroxyl groups is 2. The van der Waals surface area contributed by atoms with Gasteiger partial charge in [-0.3, -0.25) is 0 Å². The van der Waals surface area contributed by atoms with Gasteiger partial charge >= 0.3 is 0 Å². The Morgan fingerprint density at radius 3 is 0.938 bits per heavy atom. The van der Waals surface area contributed by atoms with Crippen molar-refractivity contribution in [2.45, 2.75) is 180 Å². The lowest BCUT2D eigenvalue weighted by Crippen LogP contribution is -2.49. The molecule has 4 heteroatoms. The summed E-state index contributed by atoms with van der Waals surface area (Å²) in [7, 11) is 0. The molecule has 0 amide bonds. The van der Waals surface area contributed by atoms with Crippen LogP contribution in [-0.2, 0) is 9.47 Å². The van der Waals surface area contributed by atoms with E-state index in [2.05, 4.69) is 13.8 Å². The molecule has 1 heterocycles. The summed E-state index contributed by atoms with van der Waals surface area (Å²) in [5.41, 5.74) is 0. The normalized spacial score (nSPS) is 23.6. The third-order valence-corrected chi connectivity index (χ3v) is 6.95. The first-order valence-electron chi connectivity index (χ1n) is 14.4. The molecule has 0 radical (unpaired) electrons. The van der Waals surface area contributed by atoms with Crippen LogP contribution < -0.4 is 0 Å². The van der Waals surface area contributed by atoms with Gasteiger partial charge in [-0.2, -0.15) is 0 Å². The molecule has 4 atom stereocenters. The van der Waals surface area contributed by atoms with Crippen molar-refractivity contribution in [3.05, 3.63) is 0 Å². The fourth-order valence-corrected chi connectivity index (χ4v) is 4.76. The van der Waals surface area contributed by atoms with Crippen molar-refractivity contribution in [2.24, 2.45) is 0 Å². The highest BCUT2D eigenvalue weighted by Gasteiger charge is 2.36. The second-order valence-electron chi connectivity index (χ2n) is 10.1. The molecule has 192 valence electrons. The van der Waals surface area contributed by atoms with Crippen molar-refractivity contribution < 1.29 is 19.7 Å². The molecule has 1 fully saturated rings. The minimum absolute atomic E-state index is 0.386. The highest BCUT2D eigenvalue weighted by molar-refractivity contribution is 4.74. The summed E-state index contributed by atoms with van der Waals surface area (Å²) in [6, 6.07) is 0. The molecule has 4 unspecified atom stereocenters. The Bertz CT molecular complexity index is 354. The largest absolute Gasteiger partial charge is 0.366 e. The minimum Gasteiger partial charge on any atom is -0.366 e. The monoisotopic (exact) mass is 456 g/mol. The molecule has 0 aromatic carbocycles. The average molecular weight is 457 g/mol. The highest BCUT2D eigenvalue weighted by atomic mass is 16.7. The Kier molecular flexibility index (Phi) is 20.0. The summed E-state index contributed by atoms with van der Waals surface area (Å²) >= 11 is 0. The zero-order valence-electron chi connectivity index (χ0n) is 21.6. The zero-order valence-corrected chi connectivity index (χ0v) is 21.6. The minimum atomic E-state index is -0.898. The number of hydrogen-bond acceptors (Lipinski definition) is 4. The zero-order chi connectivity index (χ0) is 23.3. The van der Waals surface area contributed by atoms with E-state index in [-0.39, 0.29) is 12.2 Å². The Labute approximate surface area is 199 Å². The molecule has 1 aliphatic heterocycles. The molecule has 0 bridgehead atoms. The van der Waals surface area contributed by atoms with Crippen LogP contribution in [0.15, 0.2) is 0 Å². The van der Waals surface area contributed by atoms with Gasteiger partial charge in [0.1, 0.15) is 12.2 Å². The molecular formula is C28H56O4. The molecule has 2 N–H and O–H groups in total. The third kappa shape index (κ3) is 15.6. The van der Waals surface area contributed by atoms with Crippen LogP contribution in [0.4, 0.5) is 0 Å². The molecule has 32 heavy (non-hydrogen) atoms. The van der Waals surface area contributed by atoms with E-state index in [1.54, 1.807) is 0 Å². The van der Waals surface area contributed by atoms with E-state index in [0.29, 0.717) is 0 Å². The predicted octanol–water partition coefficient (Wildman–Crippen LogP) is 8.03. The van der Waals surface area contributed by atoms with Gasteiger partial charge in [-0.1, -0.05) is 142 Å². The Hall–Kier alpha value is -0.160. The molecule has 0 spiro atoms. The number of hydrogen-bond donors (Lipinski definition) is 2. The number of aliphatic hydroxyl groups excluding tert-OH is 2. The number of ether oxygens (including phenoxy) is 2. The van der Waals surface area contributed by atoms with Crippen LogP contribution in [-0.4, -0.2) is 35.0 Å². The predicted molar refractivity (Wildman–Crippen MR) is 135 cm³/mol. The lowest BCUT2D eigenvalue weighted by molar-refractivity contribution is -0.332. The summed E-state index contributed by atoms with van der Waals surface area (Å²) in [4.78, 5) is 0. The van der Waals surface area contributed by atoms with Crippen molar-refractivity contribution in [1.29, 1.82) is 0 Å². The Morgan fingerprint density at radius 1 is 0.406 bits per heavy atom. The van der Waals surface area contributed by atoms with Crippen LogP contribution in [0.5, 0.6) is 0 Å². The fourth-order valence-electron chi connectivity index (χ4n) is 4.76. The van der Waals surface area contributed by atoms with Gasteiger partial charge in [0.2, 0.25) is 0 Å². The van der Waals surface area contributed by atoms with Crippen molar-refractivity contribution in [1.82, 2.24) is 0 Å². The summed E-state index contributed by atoms with van der Waals surface area (Å²) in [5, 5.41) is 20.6. The summed E-state index contributed by atoms with van der Waals surface area (Å²) < 4.78 is 11.4. The molecule has 4 nitrogen and oxygen atoms in total. The van der Waals surface area contributed by atoms with Crippen molar-refractivity contribution in [3.8, 4) is 0 Å². The van der Waals surface area contributed by atoms with E-state index in [1.807, 2.05) is 0 Å². The van der Waals surface area contributed by atoms with Gasteiger partial charge in [0.25, 0.3) is 0 Å². The quantitative estimate of drug-likeness (QED) is 0.162. The van der Waals surface area contributed by atoms with Crippen molar-refractivity contribution in [3.63, 3.8) is 0 Å². The summed E-state index contributed by atoms with van der Waals surface area (Å²) in [6.45, 7) is 4.52. The van der Waals surface area contributed by atoms with E-state index in [4.69, 9.17) is 9.47 Å². The van der Waals surface area contributed by atoms with Crippen LogP contribution in [0.2, 0.25) is 0 Å². The Morgan fingerprint density at radius 2 is 0.656 bits per heavy atom. The van der Waals surface area contributed by atoms with Crippen LogP contribution in [0.3, 0.4) is 0 Å². The van der Waals surface area contributed by atoms with Crippen LogP contribution in [0, 0.1) is 0 Å². The van der Waals surface area contributed by atoms with E-state index in [0.717, 1.165) is 25.7 Å². The molecule has 1 rings (SSSR count). The summed E-state index contributed by atoms with van der Waals surface area (Å²) in [5.74, 6) is 0. The van der Waals surface area contributed by atoms with Gasteiger partial charge in [-0.15, -0.1) is 0 Å². The maximum absolute atomic E-state index is 10.3. The van der Waals surface area contributed by atoms with E-state index >= 15 is 0 Å². The van der Waals surface area contributed by atoms with Gasteiger partial charge in [0.15, 0.2) is 12.6 Å². The maximum Gasteiger partial charge on any atom is 0.181 e. The molecule has 0 aliphatic carbocycles. The lowest BCUT2D eigenvalue weighted by Gasteiger charge is -2.37. The SMILES string of the molecule is CCCCCCCCCCCCC1OC(O)C(CCCCCCCCCCCC)OC1O. The second-order valence-corrected chi connectivity index (χ2v) is 10.1. The van der Waals surface area contributed by atoms with Gasteiger partial charge < -0.3 is 19.7 Å². The van der Waals surface area contributed by atoms with Crippen molar-refractivity contribution in [2.75, 3.05) is 0 Å². The number of rotatable bonds is 22. The smallest absolute Gasteiger partial charge is 0.181 e. The molecule has 0 aromatic heterocycles. The summed E-state index contributed by atoms with van der Waals surface area (Å²) in [6.07, 6.45) is 24.8. The fraction of sp³-hybridized carbons (Fsp3) is 1.00. The lowest BCUT2D eigenvalue weighted by atomic mass is 10.0. The van der Waals surface area contributed by atoms with Gasteiger partial charge in [0.05, 0.1) is 0 Å². The first kappa shape index (κ1) is 29.9. The highest BCUT2D eigenvalue weighted by Crippen LogP contribution is 2.25. The maximum atomic E-state index is 10.3. The molecule has 0 aromatic rings. The van der Waals surface area contributed by atoms with Gasteiger partial charge in [-0.25, -0.2) is 0 Å². The van der Waals surface area contributed by atoms with Crippen LogP contribution >= 0.6 is 0 Å². The van der Waals surface area contributed by atoms with Crippen LogP contribution in [0.1, 0.15) is 155 Å². The molecule has 0 saturated carbocycles. The van der Waals surface area contributed by atoms with E-state index < -0.39 is 12.6 Å². The van der Waals surface area contributed by atoms with Crippen LogP contribution in [0.25, 0.3) is 0 Å². The standard InChI is InChI=1S/C28H56O4/c1-3-5-7-9-11-13-15-17-19-21-23-25-27(29)32-26(28(30)31-25)24-22-20-18-16-14-12-10-8-6-4-2/h25-30H,3-24H2,1-2H3. The first-order valence-corrected chi connectivity index (χ1v) is 14.4. The van der Waals surface area contributed by atoms with Gasteiger partial charge in [-0.05, 0) is 12.8 Å². The second kappa shape index (κ2) is 21.4. The van der Waals surface area contributed by atoms with Crippen molar-refractivity contribution >= 4 is 0 Å².